The summed E-state index contributed by atoms with van der Waals surface area (Å²) in [5.74, 6) is 0.197. The zero-order valence-corrected chi connectivity index (χ0v) is 8.13. The third-order valence-corrected chi connectivity index (χ3v) is 2.55. The van der Waals surface area contributed by atoms with Gasteiger partial charge in [0.25, 0.3) is 0 Å². The highest BCUT2D eigenvalue weighted by molar-refractivity contribution is 5.73. The minimum absolute atomic E-state index is 0.197. The fraction of sp³-hybridized carbons (Fsp3) is 0.889. The molecule has 1 rings (SSSR count). The van der Waals surface area contributed by atoms with Gasteiger partial charge in [0.1, 0.15) is 0 Å². The molecule has 0 aliphatic carbocycles. The largest absolute Gasteiger partial charge is 0.337 e. The third kappa shape index (κ3) is 1.97. The first kappa shape index (κ1) is 9.52. The van der Waals surface area contributed by atoms with Gasteiger partial charge in [-0.05, 0) is 13.3 Å². The SMILES string of the molecule is CC[C@H]1CN(C(C)=O)[C@H](C)CN1. The van der Waals surface area contributed by atoms with Crippen LogP contribution in [0.25, 0.3) is 0 Å². The topological polar surface area (TPSA) is 32.3 Å². The van der Waals surface area contributed by atoms with Crippen molar-refractivity contribution in [2.24, 2.45) is 0 Å². The Bertz CT molecular complexity index is 170. The maximum atomic E-state index is 11.2. The second-order valence-corrected chi connectivity index (χ2v) is 3.53. The standard InChI is InChI=1S/C9H18N2O/c1-4-9-6-11(8(3)12)7(2)5-10-9/h7,9-10H,4-6H2,1-3H3/t7-,9+/m1/s1. The van der Waals surface area contributed by atoms with E-state index in [2.05, 4.69) is 19.2 Å². The molecule has 1 amide bonds. The molecule has 2 atom stereocenters. The molecule has 0 radical (unpaired) electrons. The summed E-state index contributed by atoms with van der Waals surface area (Å²) in [5.41, 5.74) is 0. The third-order valence-electron chi connectivity index (χ3n) is 2.55. The Balaban J connectivity index is 2.53. The molecule has 1 aliphatic heterocycles. The number of nitrogens with zero attached hydrogens (tertiary/aromatic N) is 1. The maximum Gasteiger partial charge on any atom is 0.219 e. The molecule has 0 unspecified atom stereocenters. The highest BCUT2D eigenvalue weighted by Crippen LogP contribution is 2.08. The lowest BCUT2D eigenvalue weighted by molar-refractivity contribution is -0.132. The van der Waals surface area contributed by atoms with E-state index < -0.39 is 0 Å². The Morgan fingerprint density at radius 3 is 2.83 bits per heavy atom. The van der Waals surface area contributed by atoms with Crippen molar-refractivity contribution >= 4 is 5.91 Å². The van der Waals surface area contributed by atoms with Gasteiger partial charge in [-0.1, -0.05) is 6.92 Å². The molecule has 1 heterocycles. The van der Waals surface area contributed by atoms with E-state index in [0.29, 0.717) is 12.1 Å². The van der Waals surface area contributed by atoms with Gasteiger partial charge < -0.3 is 10.2 Å². The number of amides is 1. The van der Waals surface area contributed by atoms with Gasteiger partial charge in [0.15, 0.2) is 0 Å². The van der Waals surface area contributed by atoms with Crippen molar-refractivity contribution in [3.05, 3.63) is 0 Å². The van der Waals surface area contributed by atoms with Crippen LogP contribution in [0, 0.1) is 0 Å². The number of piperazine rings is 1. The molecule has 1 saturated heterocycles. The van der Waals surface area contributed by atoms with Crippen LogP contribution in [0.3, 0.4) is 0 Å². The quantitative estimate of drug-likeness (QED) is 0.625. The van der Waals surface area contributed by atoms with Crippen molar-refractivity contribution in [1.29, 1.82) is 0 Å². The Morgan fingerprint density at radius 1 is 1.67 bits per heavy atom. The fourth-order valence-corrected chi connectivity index (χ4v) is 1.64. The van der Waals surface area contributed by atoms with Crippen molar-refractivity contribution in [1.82, 2.24) is 10.2 Å². The minimum Gasteiger partial charge on any atom is -0.337 e. The number of nitrogens with one attached hydrogen (secondary N) is 1. The molecule has 3 heteroatoms. The summed E-state index contributed by atoms with van der Waals surface area (Å²) in [6.45, 7) is 7.67. The lowest BCUT2D eigenvalue weighted by Gasteiger charge is -2.37. The van der Waals surface area contributed by atoms with Crippen molar-refractivity contribution in [3.63, 3.8) is 0 Å². The number of hydrogen-bond donors (Lipinski definition) is 1. The van der Waals surface area contributed by atoms with Crippen molar-refractivity contribution in [2.45, 2.75) is 39.3 Å². The normalized spacial score (nSPS) is 30.4. The predicted molar refractivity (Wildman–Crippen MR) is 48.9 cm³/mol. The summed E-state index contributed by atoms with van der Waals surface area (Å²) in [7, 11) is 0. The summed E-state index contributed by atoms with van der Waals surface area (Å²) >= 11 is 0. The number of carbonyl (C=O) groups excluding carboxylic acids is 1. The van der Waals surface area contributed by atoms with Crippen LogP contribution >= 0.6 is 0 Å². The maximum absolute atomic E-state index is 11.2. The van der Waals surface area contributed by atoms with Gasteiger partial charge in [-0.25, -0.2) is 0 Å². The smallest absolute Gasteiger partial charge is 0.219 e. The molecular weight excluding hydrogens is 152 g/mol. The number of hydrogen-bond acceptors (Lipinski definition) is 2. The molecule has 3 nitrogen and oxygen atoms in total. The summed E-state index contributed by atoms with van der Waals surface area (Å²) in [6, 6.07) is 0.843. The molecule has 70 valence electrons. The molecular formula is C9H18N2O. The molecule has 0 saturated carbocycles. The number of carbonyl (C=O) groups is 1. The Morgan fingerprint density at radius 2 is 2.33 bits per heavy atom. The Labute approximate surface area is 74.1 Å². The van der Waals surface area contributed by atoms with E-state index in [1.807, 2.05) is 4.90 Å². The second kappa shape index (κ2) is 3.90. The van der Waals surface area contributed by atoms with Crippen LogP contribution in [0.15, 0.2) is 0 Å². The van der Waals surface area contributed by atoms with E-state index in [1.54, 1.807) is 6.92 Å². The molecule has 12 heavy (non-hydrogen) atoms. The van der Waals surface area contributed by atoms with Crippen molar-refractivity contribution in [2.75, 3.05) is 13.1 Å². The van der Waals surface area contributed by atoms with Crippen LogP contribution in [0.4, 0.5) is 0 Å². The van der Waals surface area contributed by atoms with Gasteiger partial charge in [-0.3, -0.25) is 4.79 Å². The van der Waals surface area contributed by atoms with E-state index in [9.17, 15) is 4.79 Å². The van der Waals surface area contributed by atoms with Crippen molar-refractivity contribution in [3.8, 4) is 0 Å². The van der Waals surface area contributed by atoms with Crippen LogP contribution in [-0.4, -0.2) is 36.0 Å². The molecule has 0 aromatic carbocycles. The van der Waals surface area contributed by atoms with Gasteiger partial charge in [0, 0.05) is 32.1 Å². The van der Waals surface area contributed by atoms with E-state index >= 15 is 0 Å². The summed E-state index contributed by atoms with van der Waals surface area (Å²) in [5, 5.41) is 3.41. The van der Waals surface area contributed by atoms with Gasteiger partial charge >= 0.3 is 0 Å². The van der Waals surface area contributed by atoms with Gasteiger partial charge in [0.05, 0.1) is 0 Å². The van der Waals surface area contributed by atoms with E-state index in [0.717, 1.165) is 19.5 Å². The average Bonchev–Trinajstić information content (AvgIpc) is 2.05. The molecule has 0 aromatic heterocycles. The summed E-state index contributed by atoms with van der Waals surface area (Å²) < 4.78 is 0. The first-order valence-electron chi connectivity index (χ1n) is 4.65. The zero-order chi connectivity index (χ0) is 9.14. The Kier molecular flexibility index (Phi) is 3.09. The van der Waals surface area contributed by atoms with Crippen LogP contribution < -0.4 is 5.32 Å². The van der Waals surface area contributed by atoms with Crippen LogP contribution in [0.2, 0.25) is 0 Å². The van der Waals surface area contributed by atoms with E-state index in [4.69, 9.17) is 0 Å². The molecule has 1 fully saturated rings. The highest BCUT2D eigenvalue weighted by atomic mass is 16.2. The van der Waals surface area contributed by atoms with E-state index in [-0.39, 0.29) is 5.91 Å². The summed E-state index contributed by atoms with van der Waals surface area (Å²) in [4.78, 5) is 13.1. The monoisotopic (exact) mass is 170 g/mol. The van der Waals surface area contributed by atoms with Crippen LogP contribution in [0.1, 0.15) is 27.2 Å². The zero-order valence-electron chi connectivity index (χ0n) is 8.13. The van der Waals surface area contributed by atoms with Gasteiger partial charge in [-0.15, -0.1) is 0 Å². The summed E-state index contributed by atoms with van der Waals surface area (Å²) in [6.07, 6.45) is 1.09. The van der Waals surface area contributed by atoms with Crippen molar-refractivity contribution < 1.29 is 4.79 Å². The number of rotatable bonds is 1. The molecule has 0 spiro atoms. The van der Waals surface area contributed by atoms with Gasteiger partial charge in [-0.2, -0.15) is 0 Å². The fourth-order valence-electron chi connectivity index (χ4n) is 1.64. The van der Waals surface area contributed by atoms with Gasteiger partial charge in [0.2, 0.25) is 5.91 Å². The predicted octanol–water partition coefficient (Wildman–Crippen LogP) is 0.605. The molecule has 1 N–H and O–H groups in total. The van der Waals surface area contributed by atoms with Crippen LogP contribution in [0.5, 0.6) is 0 Å². The lowest BCUT2D eigenvalue weighted by Crippen LogP contribution is -2.56. The lowest BCUT2D eigenvalue weighted by atomic mass is 10.1. The first-order valence-corrected chi connectivity index (χ1v) is 4.65. The average molecular weight is 170 g/mol. The van der Waals surface area contributed by atoms with Crippen LogP contribution in [-0.2, 0) is 4.79 Å². The highest BCUT2D eigenvalue weighted by Gasteiger charge is 2.24. The molecule has 0 aromatic rings. The Hall–Kier alpha value is -0.570. The first-order chi connectivity index (χ1) is 5.65. The molecule has 1 aliphatic rings. The van der Waals surface area contributed by atoms with E-state index in [1.165, 1.54) is 0 Å². The second-order valence-electron chi connectivity index (χ2n) is 3.53. The molecule has 0 bridgehead atoms. The minimum atomic E-state index is 0.197.